The molecule has 0 amide bonds. The van der Waals surface area contributed by atoms with Gasteiger partial charge in [0.2, 0.25) is 0 Å². The van der Waals surface area contributed by atoms with Crippen LogP contribution in [0.3, 0.4) is 0 Å². The summed E-state index contributed by atoms with van der Waals surface area (Å²) in [6, 6.07) is 4.76. The highest BCUT2D eigenvalue weighted by atomic mass is 16.4. The normalized spacial score (nSPS) is 20.9. The van der Waals surface area contributed by atoms with Crippen LogP contribution < -0.4 is 5.32 Å². The average molecular weight is 280 g/mol. The summed E-state index contributed by atoms with van der Waals surface area (Å²) in [5.41, 5.74) is 2.38. The van der Waals surface area contributed by atoms with E-state index in [4.69, 9.17) is 9.90 Å². The molecular formula is C16H28N2O2. The van der Waals surface area contributed by atoms with Gasteiger partial charge in [-0.2, -0.15) is 0 Å². The molecule has 114 valence electrons. The van der Waals surface area contributed by atoms with E-state index in [-0.39, 0.29) is 0 Å². The number of carboxylic acid groups (broad SMARTS) is 1. The zero-order chi connectivity index (χ0) is 15.5. The topological polar surface area (TPSA) is 62.2 Å². The van der Waals surface area contributed by atoms with Gasteiger partial charge in [0.05, 0.1) is 0 Å². The lowest BCUT2D eigenvalue weighted by Crippen LogP contribution is -2.37. The number of nitrogens with one attached hydrogen (secondary N) is 1. The fourth-order valence-corrected chi connectivity index (χ4v) is 1.77. The van der Waals surface area contributed by atoms with Gasteiger partial charge >= 0.3 is 0 Å². The number of rotatable bonds is 0. The van der Waals surface area contributed by atoms with Gasteiger partial charge in [0.1, 0.15) is 0 Å². The van der Waals surface area contributed by atoms with Crippen LogP contribution in [0.4, 0.5) is 0 Å². The molecule has 1 aromatic rings. The number of aliphatic carboxylic acids is 1. The van der Waals surface area contributed by atoms with Crippen molar-refractivity contribution in [2.75, 3.05) is 6.54 Å². The molecule has 20 heavy (non-hydrogen) atoms. The summed E-state index contributed by atoms with van der Waals surface area (Å²) < 4.78 is 0. The number of nitrogens with zero attached hydrogens (tertiary/aromatic N) is 1. The zero-order valence-electron chi connectivity index (χ0n) is 13.3. The van der Waals surface area contributed by atoms with E-state index in [1.54, 1.807) is 0 Å². The summed E-state index contributed by atoms with van der Waals surface area (Å²) in [4.78, 5) is 13.1. The Bertz CT molecular complexity index is 359. The van der Waals surface area contributed by atoms with Crippen molar-refractivity contribution < 1.29 is 9.90 Å². The lowest BCUT2D eigenvalue weighted by molar-refractivity contribution is -0.134. The number of carbonyl (C=O) groups is 1. The minimum absolute atomic E-state index is 0.753. The standard InChI is InChI=1S/C7H15N.C7H9N.C2H4O2/c2*1-6-4-3-5-8-7(6)2;1-2(3)4/h6-8H,3-5H2,1-2H3;3-5H,1-2H3;1H3,(H,3,4). The van der Waals surface area contributed by atoms with E-state index in [9.17, 15) is 0 Å². The van der Waals surface area contributed by atoms with Gasteiger partial charge in [0, 0.05) is 24.9 Å². The highest BCUT2D eigenvalue weighted by molar-refractivity contribution is 5.62. The van der Waals surface area contributed by atoms with Gasteiger partial charge in [-0.1, -0.05) is 13.0 Å². The van der Waals surface area contributed by atoms with Crippen LogP contribution in [0.1, 0.15) is 44.9 Å². The molecular weight excluding hydrogens is 252 g/mol. The van der Waals surface area contributed by atoms with E-state index < -0.39 is 5.97 Å². The maximum absolute atomic E-state index is 9.00. The number of piperidine rings is 1. The third-order valence-electron chi connectivity index (χ3n) is 3.43. The molecule has 0 aromatic carbocycles. The Morgan fingerprint density at radius 2 is 2.00 bits per heavy atom. The molecule has 1 aromatic heterocycles. The quantitative estimate of drug-likeness (QED) is 0.766. The Morgan fingerprint density at radius 3 is 2.30 bits per heavy atom. The molecule has 0 saturated carbocycles. The van der Waals surface area contributed by atoms with E-state index in [1.807, 2.05) is 19.2 Å². The fourth-order valence-electron chi connectivity index (χ4n) is 1.77. The molecule has 4 nitrogen and oxygen atoms in total. The summed E-state index contributed by atoms with van der Waals surface area (Å²) in [7, 11) is 0. The first-order valence-corrected chi connectivity index (χ1v) is 7.15. The van der Waals surface area contributed by atoms with Crippen molar-refractivity contribution in [3.63, 3.8) is 0 Å². The Morgan fingerprint density at radius 1 is 1.40 bits per heavy atom. The van der Waals surface area contributed by atoms with Crippen molar-refractivity contribution in [2.24, 2.45) is 5.92 Å². The van der Waals surface area contributed by atoms with Crippen LogP contribution in [0.5, 0.6) is 0 Å². The Balaban J connectivity index is 0.000000289. The van der Waals surface area contributed by atoms with Crippen molar-refractivity contribution in [3.8, 4) is 0 Å². The second-order valence-corrected chi connectivity index (χ2v) is 5.29. The zero-order valence-corrected chi connectivity index (χ0v) is 13.3. The van der Waals surface area contributed by atoms with Crippen LogP contribution >= 0.6 is 0 Å². The highest BCUT2D eigenvalue weighted by Gasteiger charge is 2.14. The molecule has 1 aliphatic rings. The lowest BCUT2D eigenvalue weighted by Gasteiger charge is -2.26. The second-order valence-electron chi connectivity index (χ2n) is 5.29. The van der Waals surface area contributed by atoms with Crippen molar-refractivity contribution in [1.82, 2.24) is 10.3 Å². The van der Waals surface area contributed by atoms with Crippen LogP contribution in [-0.2, 0) is 4.79 Å². The second kappa shape index (κ2) is 10.4. The van der Waals surface area contributed by atoms with Crippen LogP contribution in [0.15, 0.2) is 18.3 Å². The van der Waals surface area contributed by atoms with Gasteiger partial charge in [0.15, 0.2) is 0 Å². The SMILES string of the molecule is CC(=O)O.CC1CCCNC1C.Cc1cccnc1C. The molecule has 1 aliphatic heterocycles. The smallest absolute Gasteiger partial charge is 0.300 e. The van der Waals surface area contributed by atoms with Crippen molar-refractivity contribution >= 4 is 5.97 Å². The largest absolute Gasteiger partial charge is 0.481 e. The van der Waals surface area contributed by atoms with Crippen LogP contribution in [-0.4, -0.2) is 28.6 Å². The maximum Gasteiger partial charge on any atom is 0.300 e. The molecule has 4 heteroatoms. The van der Waals surface area contributed by atoms with Crippen LogP contribution in [0, 0.1) is 19.8 Å². The van der Waals surface area contributed by atoms with E-state index in [0.717, 1.165) is 24.6 Å². The number of aryl methyl sites for hydroxylation is 2. The van der Waals surface area contributed by atoms with Crippen molar-refractivity contribution in [2.45, 2.75) is 53.5 Å². The molecule has 2 N–H and O–H groups in total. The van der Waals surface area contributed by atoms with Crippen LogP contribution in [0.2, 0.25) is 0 Å². The lowest BCUT2D eigenvalue weighted by atomic mass is 9.94. The molecule has 2 rings (SSSR count). The molecule has 0 bridgehead atoms. The predicted octanol–water partition coefficient (Wildman–Crippen LogP) is 3.18. The highest BCUT2D eigenvalue weighted by Crippen LogP contribution is 2.13. The van der Waals surface area contributed by atoms with E-state index in [1.165, 1.54) is 24.9 Å². The van der Waals surface area contributed by atoms with Gasteiger partial charge in [-0.15, -0.1) is 0 Å². The van der Waals surface area contributed by atoms with Gasteiger partial charge in [-0.05, 0) is 57.7 Å². The minimum Gasteiger partial charge on any atom is -0.481 e. The Labute approximate surface area is 122 Å². The Hall–Kier alpha value is -1.42. The first-order chi connectivity index (χ1) is 9.34. The van der Waals surface area contributed by atoms with Gasteiger partial charge in [0.25, 0.3) is 5.97 Å². The number of hydrogen-bond donors (Lipinski definition) is 2. The molecule has 2 unspecified atom stereocenters. The van der Waals surface area contributed by atoms with E-state index in [2.05, 4.69) is 37.1 Å². The maximum atomic E-state index is 9.00. The fraction of sp³-hybridized carbons (Fsp3) is 0.625. The number of hydrogen-bond acceptors (Lipinski definition) is 3. The third kappa shape index (κ3) is 9.50. The van der Waals surface area contributed by atoms with Crippen molar-refractivity contribution in [3.05, 3.63) is 29.6 Å². The minimum atomic E-state index is -0.833. The molecule has 0 spiro atoms. The predicted molar refractivity (Wildman–Crippen MR) is 82.9 cm³/mol. The molecule has 2 atom stereocenters. The number of carboxylic acids is 1. The molecule has 0 aliphatic carbocycles. The number of pyridine rings is 1. The summed E-state index contributed by atoms with van der Waals surface area (Å²) in [5, 5.41) is 10.8. The number of aromatic nitrogens is 1. The first-order valence-electron chi connectivity index (χ1n) is 7.15. The first kappa shape index (κ1) is 18.6. The molecule has 0 radical (unpaired) electrons. The summed E-state index contributed by atoms with van der Waals surface area (Å²) in [6.45, 7) is 11.0. The Kier molecular flexibility index (Phi) is 9.64. The van der Waals surface area contributed by atoms with Gasteiger partial charge in [-0.25, -0.2) is 0 Å². The van der Waals surface area contributed by atoms with Crippen LogP contribution in [0.25, 0.3) is 0 Å². The van der Waals surface area contributed by atoms with Gasteiger partial charge < -0.3 is 10.4 Å². The van der Waals surface area contributed by atoms with E-state index >= 15 is 0 Å². The van der Waals surface area contributed by atoms with Crippen molar-refractivity contribution in [1.29, 1.82) is 0 Å². The summed E-state index contributed by atoms with van der Waals surface area (Å²) in [6.07, 6.45) is 4.59. The molecule has 1 saturated heterocycles. The molecule has 2 heterocycles. The summed E-state index contributed by atoms with van der Waals surface area (Å²) in [5.74, 6) is 0.0590. The summed E-state index contributed by atoms with van der Waals surface area (Å²) >= 11 is 0. The molecule has 1 fully saturated rings. The third-order valence-corrected chi connectivity index (χ3v) is 3.43. The average Bonchev–Trinajstić information content (AvgIpc) is 2.37. The monoisotopic (exact) mass is 280 g/mol. The van der Waals surface area contributed by atoms with Gasteiger partial charge in [-0.3, -0.25) is 9.78 Å². The van der Waals surface area contributed by atoms with E-state index in [0.29, 0.717) is 0 Å².